The van der Waals surface area contributed by atoms with Crippen LogP contribution >= 0.6 is 27.5 Å². The van der Waals surface area contributed by atoms with E-state index in [1.807, 2.05) is 0 Å². The van der Waals surface area contributed by atoms with E-state index in [9.17, 15) is 0 Å². The zero-order chi connectivity index (χ0) is 13.3. The Hall–Kier alpha value is -1.40. The molecule has 0 aliphatic carbocycles. The first-order chi connectivity index (χ1) is 8.60. The number of nitrogens with two attached hydrogens (primary N) is 1. The van der Waals surface area contributed by atoms with Crippen LogP contribution in [-0.4, -0.2) is 19.4 Å². The summed E-state index contributed by atoms with van der Waals surface area (Å²) in [4.78, 5) is 0. The number of hydrogen-bond acceptors (Lipinski definition) is 5. The molecule has 0 spiro atoms. The number of methoxy groups -OCH3 is 2. The summed E-state index contributed by atoms with van der Waals surface area (Å²) < 4.78 is 16.1. The number of hydrogen-bond donors (Lipinski definition) is 1. The predicted molar refractivity (Wildman–Crippen MR) is 72.2 cm³/mol. The highest BCUT2D eigenvalue weighted by Gasteiger charge is 2.22. The molecule has 2 aromatic rings. The summed E-state index contributed by atoms with van der Waals surface area (Å²) >= 11 is 9.57. The third kappa shape index (κ3) is 2.02. The summed E-state index contributed by atoms with van der Waals surface area (Å²) in [6.45, 7) is 0. The number of nitrogen functional groups attached to an aromatic ring is 1. The lowest BCUT2D eigenvalue weighted by Gasteiger charge is -2.15. The number of anilines is 1. The van der Waals surface area contributed by atoms with Crippen molar-refractivity contribution in [3.8, 4) is 22.6 Å². The average Bonchev–Trinajstić information content (AvgIpc) is 2.74. The molecule has 1 aromatic carbocycles. The largest absolute Gasteiger partial charge is 0.492 e. The molecule has 0 radical (unpaired) electrons. The number of halogens is 2. The van der Waals surface area contributed by atoms with Gasteiger partial charge in [0.1, 0.15) is 0 Å². The highest BCUT2D eigenvalue weighted by atomic mass is 79.9. The third-order valence-electron chi connectivity index (χ3n) is 2.42. The van der Waals surface area contributed by atoms with E-state index in [4.69, 9.17) is 31.3 Å². The summed E-state index contributed by atoms with van der Waals surface area (Å²) in [5, 5.41) is 4.08. The van der Waals surface area contributed by atoms with E-state index in [2.05, 4.69) is 21.1 Å². The fourth-order valence-corrected chi connectivity index (χ4v) is 2.65. The molecule has 0 amide bonds. The summed E-state index contributed by atoms with van der Waals surface area (Å²) in [6, 6.07) is 1.70. The topological polar surface area (TPSA) is 70.5 Å². The van der Waals surface area contributed by atoms with Gasteiger partial charge < -0.3 is 19.7 Å². The second kappa shape index (κ2) is 5.07. The van der Waals surface area contributed by atoms with Gasteiger partial charge in [0.05, 0.1) is 41.0 Å². The summed E-state index contributed by atoms with van der Waals surface area (Å²) in [7, 11) is 3.06. The number of rotatable bonds is 3. The molecule has 0 aliphatic rings. The Bertz CT molecular complexity index is 586. The Morgan fingerprint density at radius 2 is 2.00 bits per heavy atom. The Morgan fingerprint density at radius 1 is 1.33 bits per heavy atom. The van der Waals surface area contributed by atoms with Gasteiger partial charge in [0.25, 0.3) is 0 Å². The molecular formula is C11H10BrClN2O3. The van der Waals surface area contributed by atoms with Gasteiger partial charge in [-0.1, -0.05) is 16.8 Å². The van der Waals surface area contributed by atoms with Crippen LogP contribution in [0.15, 0.2) is 21.3 Å². The Balaban J connectivity index is 2.78. The van der Waals surface area contributed by atoms with Gasteiger partial charge in [-0.15, -0.1) is 0 Å². The van der Waals surface area contributed by atoms with Gasteiger partial charge in [-0.25, -0.2) is 0 Å². The third-order valence-corrected chi connectivity index (χ3v) is 3.31. The van der Waals surface area contributed by atoms with Crippen LogP contribution in [-0.2, 0) is 0 Å². The molecule has 7 heteroatoms. The number of nitrogens with zero attached hydrogens (tertiary/aromatic N) is 1. The van der Waals surface area contributed by atoms with Crippen molar-refractivity contribution in [1.82, 2.24) is 5.16 Å². The van der Waals surface area contributed by atoms with Gasteiger partial charge in [0.2, 0.25) is 5.88 Å². The summed E-state index contributed by atoms with van der Waals surface area (Å²) in [5.41, 5.74) is 6.84. The van der Waals surface area contributed by atoms with Gasteiger partial charge in [0, 0.05) is 0 Å². The minimum Gasteiger partial charge on any atom is -0.492 e. The lowest BCUT2D eigenvalue weighted by Crippen LogP contribution is -1.96. The van der Waals surface area contributed by atoms with Gasteiger partial charge in [-0.05, 0) is 22.0 Å². The molecule has 2 N–H and O–H groups in total. The van der Waals surface area contributed by atoms with E-state index in [-0.39, 0.29) is 5.88 Å². The van der Waals surface area contributed by atoms with Crippen molar-refractivity contribution < 1.29 is 14.0 Å². The molecule has 0 saturated heterocycles. The zero-order valence-corrected chi connectivity index (χ0v) is 12.0. The van der Waals surface area contributed by atoms with Crippen LogP contribution in [0.2, 0.25) is 5.02 Å². The van der Waals surface area contributed by atoms with E-state index in [1.165, 1.54) is 20.4 Å². The first kappa shape index (κ1) is 13.0. The Morgan fingerprint density at radius 3 is 2.50 bits per heavy atom. The molecule has 0 fully saturated rings. The number of benzene rings is 1. The molecule has 96 valence electrons. The standard InChI is InChI=1S/C11H10BrClN2O3/c1-16-9-6(12)3-7(13)8(10(9)17-2)5-4-15-18-11(5)14/h3-4H,14H2,1-2H3. The first-order valence-corrected chi connectivity index (χ1v) is 6.07. The fraction of sp³-hybridized carbons (Fsp3) is 0.182. The molecule has 0 aliphatic heterocycles. The molecule has 0 bridgehead atoms. The molecule has 1 aromatic heterocycles. The maximum atomic E-state index is 6.22. The van der Waals surface area contributed by atoms with E-state index >= 15 is 0 Å². The van der Waals surface area contributed by atoms with E-state index in [0.29, 0.717) is 32.1 Å². The van der Waals surface area contributed by atoms with Crippen LogP contribution in [0.3, 0.4) is 0 Å². The van der Waals surface area contributed by atoms with Crippen LogP contribution in [0.5, 0.6) is 11.5 Å². The lowest BCUT2D eigenvalue weighted by atomic mass is 10.1. The maximum Gasteiger partial charge on any atom is 0.230 e. The van der Waals surface area contributed by atoms with Crippen molar-refractivity contribution in [3.05, 3.63) is 21.8 Å². The van der Waals surface area contributed by atoms with Crippen molar-refractivity contribution in [1.29, 1.82) is 0 Å². The normalized spacial score (nSPS) is 10.4. The second-order valence-electron chi connectivity index (χ2n) is 3.39. The summed E-state index contributed by atoms with van der Waals surface area (Å²) in [5.74, 6) is 1.16. The lowest BCUT2D eigenvalue weighted by molar-refractivity contribution is 0.354. The fourth-order valence-electron chi connectivity index (χ4n) is 1.65. The maximum absolute atomic E-state index is 6.22. The molecule has 2 rings (SSSR count). The van der Waals surface area contributed by atoms with E-state index in [1.54, 1.807) is 6.07 Å². The van der Waals surface area contributed by atoms with Crippen molar-refractivity contribution >= 4 is 33.4 Å². The van der Waals surface area contributed by atoms with Gasteiger partial charge >= 0.3 is 0 Å². The van der Waals surface area contributed by atoms with Crippen LogP contribution < -0.4 is 15.2 Å². The van der Waals surface area contributed by atoms with Crippen molar-refractivity contribution in [2.75, 3.05) is 20.0 Å². The first-order valence-electron chi connectivity index (χ1n) is 4.90. The quantitative estimate of drug-likeness (QED) is 0.932. The average molecular weight is 334 g/mol. The molecule has 0 saturated carbocycles. The van der Waals surface area contributed by atoms with Crippen LogP contribution in [0.25, 0.3) is 11.1 Å². The monoisotopic (exact) mass is 332 g/mol. The predicted octanol–water partition coefficient (Wildman–Crippen LogP) is 3.36. The van der Waals surface area contributed by atoms with Crippen molar-refractivity contribution in [2.45, 2.75) is 0 Å². The zero-order valence-electron chi connectivity index (χ0n) is 9.66. The van der Waals surface area contributed by atoms with Crippen molar-refractivity contribution in [3.63, 3.8) is 0 Å². The molecule has 18 heavy (non-hydrogen) atoms. The van der Waals surface area contributed by atoms with Gasteiger partial charge in [-0.2, -0.15) is 0 Å². The molecule has 5 nitrogen and oxygen atoms in total. The molecule has 0 unspecified atom stereocenters. The van der Waals surface area contributed by atoms with Crippen LogP contribution in [0.4, 0.5) is 5.88 Å². The van der Waals surface area contributed by atoms with Gasteiger partial charge in [-0.3, -0.25) is 0 Å². The van der Waals surface area contributed by atoms with Crippen LogP contribution in [0.1, 0.15) is 0 Å². The molecular weight excluding hydrogens is 323 g/mol. The highest BCUT2D eigenvalue weighted by Crippen LogP contribution is 2.48. The SMILES string of the molecule is COc1c(Br)cc(Cl)c(-c2cnoc2N)c1OC. The van der Waals surface area contributed by atoms with Crippen molar-refractivity contribution in [2.24, 2.45) is 0 Å². The highest BCUT2D eigenvalue weighted by molar-refractivity contribution is 9.10. The van der Waals surface area contributed by atoms with E-state index < -0.39 is 0 Å². The number of ether oxygens (including phenoxy) is 2. The molecule has 0 atom stereocenters. The molecule has 1 heterocycles. The Kier molecular flexibility index (Phi) is 3.68. The van der Waals surface area contributed by atoms with Gasteiger partial charge in [0.15, 0.2) is 11.5 Å². The summed E-state index contributed by atoms with van der Waals surface area (Å²) in [6.07, 6.45) is 1.48. The Labute approximate surface area is 117 Å². The minimum atomic E-state index is 0.166. The van der Waals surface area contributed by atoms with E-state index in [0.717, 1.165) is 0 Å². The minimum absolute atomic E-state index is 0.166. The smallest absolute Gasteiger partial charge is 0.230 e. The second-order valence-corrected chi connectivity index (χ2v) is 4.65. The number of aromatic nitrogens is 1. The van der Waals surface area contributed by atoms with Crippen LogP contribution in [0, 0.1) is 0 Å².